The van der Waals surface area contributed by atoms with Gasteiger partial charge in [-0.05, 0) is 43.7 Å². The molecule has 0 fully saturated rings. The molecule has 0 aliphatic heterocycles. The molecule has 21 heavy (non-hydrogen) atoms. The molecular formula is C17H20ClNO2. The number of halogens is 1. The normalized spacial score (nSPS) is 13.0. The number of phenolic OH excluding ortho intramolecular Hbond substituents is 1. The molecule has 0 aliphatic rings. The van der Waals surface area contributed by atoms with E-state index in [1.54, 1.807) is 12.1 Å². The second-order valence-corrected chi connectivity index (χ2v) is 4.93. The van der Waals surface area contributed by atoms with E-state index in [4.69, 9.17) is 0 Å². The van der Waals surface area contributed by atoms with Gasteiger partial charge in [0.25, 0.3) is 0 Å². The molecule has 0 spiro atoms. The lowest BCUT2D eigenvalue weighted by Crippen LogP contribution is -2.35. The highest BCUT2D eigenvalue weighted by molar-refractivity contribution is 5.99. The van der Waals surface area contributed by atoms with Crippen LogP contribution in [0.1, 0.15) is 35.8 Å². The Labute approximate surface area is 131 Å². The van der Waals surface area contributed by atoms with Crippen LogP contribution in [0.15, 0.2) is 54.6 Å². The van der Waals surface area contributed by atoms with E-state index in [1.165, 1.54) is 12.1 Å². The number of carbonyl (C=O) groups excluding carboxylic acids is 1. The predicted molar refractivity (Wildman–Crippen MR) is 87.1 cm³/mol. The first-order chi connectivity index (χ1) is 9.58. The van der Waals surface area contributed by atoms with Crippen LogP contribution in [0.25, 0.3) is 0 Å². The highest BCUT2D eigenvalue weighted by atomic mass is 35.5. The summed E-state index contributed by atoms with van der Waals surface area (Å²) >= 11 is 0. The standard InChI is InChI=1S/C17H19NO2.ClH/c1-12(14-6-4-3-5-7-14)18-13(2)17(20)15-8-10-16(19)11-9-15;/h3-13,18-19H,1-2H3;1H. The minimum absolute atomic E-state index is 0. The zero-order valence-corrected chi connectivity index (χ0v) is 12.9. The fourth-order valence-corrected chi connectivity index (χ4v) is 2.16. The van der Waals surface area contributed by atoms with Gasteiger partial charge in [-0.25, -0.2) is 0 Å². The van der Waals surface area contributed by atoms with Crippen LogP contribution < -0.4 is 5.32 Å². The number of carbonyl (C=O) groups is 1. The summed E-state index contributed by atoms with van der Waals surface area (Å²) < 4.78 is 0. The number of aromatic hydroxyl groups is 1. The van der Waals surface area contributed by atoms with Crippen molar-refractivity contribution >= 4 is 18.2 Å². The number of ketones is 1. The van der Waals surface area contributed by atoms with Gasteiger partial charge in [-0.2, -0.15) is 0 Å². The van der Waals surface area contributed by atoms with Crippen LogP contribution in [0, 0.1) is 0 Å². The van der Waals surface area contributed by atoms with Crippen LogP contribution in [0.3, 0.4) is 0 Å². The second-order valence-electron chi connectivity index (χ2n) is 4.93. The first-order valence-corrected chi connectivity index (χ1v) is 6.72. The Hall–Kier alpha value is -1.84. The number of nitrogens with one attached hydrogen (secondary N) is 1. The molecule has 0 amide bonds. The SMILES string of the molecule is CC(NC(C)c1ccccc1)C(=O)c1ccc(O)cc1.Cl. The van der Waals surface area contributed by atoms with Gasteiger partial charge in [0.2, 0.25) is 0 Å². The van der Waals surface area contributed by atoms with Gasteiger partial charge in [-0.1, -0.05) is 30.3 Å². The summed E-state index contributed by atoms with van der Waals surface area (Å²) in [7, 11) is 0. The number of hydrogen-bond acceptors (Lipinski definition) is 3. The van der Waals surface area contributed by atoms with Gasteiger partial charge >= 0.3 is 0 Å². The minimum atomic E-state index is -0.283. The summed E-state index contributed by atoms with van der Waals surface area (Å²) in [5.74, 6) is 0.188. The summed E-state index contributed by atoms with van der Waals surface area (Å²) in [5.41, 5.74) is 1.75. The molecule has 3 nitrogen and oxygen atoms in total. The molecule has 2 N–H and O–H groups in total. The van der Waals surface area contributed by atoms with E-state index in [0.29, 0.717) is 5.56 Å². The van der Waals surface area contributed by atoms with Crippen LogP contribution in [0.2, 0.25) is 0 Å². The predicted octanol–water partition coefficient (Wildman–Crippen LogP) is 3.74. The summed E-state index contributed by atoms with van der Waals surface area (Å²) in [6.07, 6.45) is 0. The number of hydrogen-bond donors (Lipinski definition) is 2. The number of phenols is 1. The van der Waals surface area contributed by atoms with Crippen molar-refractivity contribution in [3.63, 3.8) is 0 Å². The van der Waals surface area contributed by atoms with Crippen LogP contribution >= 0.6 is 12.4 Å². The lowest BCUT2D eigenvalue weighted by Gasteiger charge is -2.19. The molecule has 2 rings (SSSR count). The van der Waals surface area contributed by atoms with Gasteiger partial charge in [0, 0.05) is 11.6 Å². The largest absolute Gasteiger partial charge is 0.508 e. The molecule has 112 valence electrons. The molecule has 2 unspecified atom stereocenters. The lowest BCUT2D eigenvalue weighted by atomic mass is 10.0. The third-order valence-electron chi connectivity index (χ3n) is 3.34. The molecule has 0 saturated heterocycles. The second kappa shape index (κ2) is 7.81. The van der Waals surface area contributed by atoms with Crippen molar-refractivity contribution in [2.75, 3.05) is 0 Å². The van der Waals surface area contributed by atoms with E-state index in [2.05, 4.69) is 5.32 Å². The number of benzene rings is 2. The van der Waals surface area contributed by atoms with Gasteiger partial charge in [0.05, 0.1) is 6.04 Å². The van der Waals surface area contributed by atoms with Crippen LogP contribution in [-0.2, 0) is 0 Å². The van der Waals surface area contributed by atoms with Crippen molar-refractivity contribution in [2.24, 2.45) is 0 Å². The summed E-state index contributed by atoms with van der Waals surface area (Å²) in [5, 5.41) is 12.5. The monoisotopic (exact) mass is 305 g/mol. The average molecular weight is 306 g/mol. The molecule has 0 saturated carbocycles. The Morgan fingerprint density at radius 1 is 1.00 bits per heavy atom. The lowest BCUT2D eigenvalue weighted by molar-refractivity contribution is 0.0945. The van der Waals surface area contributed by atoms with Gasteiger partial charge < -0.3 is 10.4 Å². The van der Waals surface area contributed by atoms with Crippen molar-refractivity contribution in [2.45, 2.75) is 25.9 Å². The minimum Gasteiger partial charge on any atom is -0.508 e. The fraction of sp³-hybridized carbons (Fsp3) is 0.235. The zero-order chi connectivity index (χ0) is 14.5. The quantitative estimate of drug-likeness (QED) is 0.827. The van der Waals surface area contributed by atoms with Gasteiger partial charge in [-0.3, -0.25) is 4.79 Å². The van der Waals surface area contributed by atoms with E-state index >= 15 is 0 Å². The van der Waals surface area contributed by atoms with Gasteiger partial charge in [-0.15, -0.1) is 12.4 Å². The Kier molecular flexibility index (Phi) is 6.40. The molecule has 0 heterocycles. The highest BCUT2D eigenvalue weighted by Crippen LogP contribution is 2.15. The van der Waals surface area contributed by atoms with E-state index in [0.717, 1.165) is 5.56 Å². The van der Waals surface area contributed by atoms with Crippen molar-refractivity contribution < 1.29 is 9.90 Å². The Morgan fingerprint density at radius 2 is 1.57 bits per heavy atom. The molecular weight excluding hydrogens is 286 g/mol. The Bertz CT molecular complexity index is 569. The smallest absolute Gasteiger partial charge is 0.179 e. The molecule has 0 bridgehead atoms. The summed E-state index contributed by atoms with van der Waals surface area (Å²) in [6.45, 7) is 3.89. The molecule has 0 aliphatic carbocycles. The number of rotatable bonds is 5. The van der Waals surface area contributed by atoms with Crippen molar-refractivity contribution in [1.29, 1.82) is 0 Å². The van der Waals surface area contributed by atoms with Crippen molar-refractivity contribution in [1.82, 2.24) is 5.32 Å². The molecule has 0 radical (unpaired) electrons. The topological polar surface area (TPSA) is 49.3 Å². The zero-order valence-electron chi connectivity index (χ0n) is 12.1. The summed E-state index contributed by atoms with van der Waals surface area (Å²) in [6, 6.07) is 16.2. The van der Waals surface area contributed by atoms with Crippen molar-refractivity contribution in [3.8, 4) is 5.75 Å². The van der Waals surface area contributed by atoms with E-state index in [1.807, 2.05) is 44.2 Å². The maximum Gasteiger partial charge on any atom is 0.179 e. The first-order valence-electron chi connectivity index (χ1n) is 6.72. The van der Waals surface area contributed by atoms with E-state index in [9.17, 15) is 9.90 Å². The molecule has 0 aromatic heterocycles. The Balaban J connectivity index is 0.00000220. The van der Waals surface area contributed by atoms with Crippen molar-refractivity contribution in [3.05, 3.63) is 65.7 Å². The molecule has 2 atom stereocenters. The first kappa shape index (κ1) is 17.2. The fourth-order valence-electron chi connectivity index (χ4n) is 2.16. The molecule has 2 aromatic carbocycles. The average Bonchev–Trinajstić information content (AvgIpc) is 2.48. The van der Waals surface area contributed by atoms with E-state index in [-0.39, 0.29) is 36.0 Å². The van der Waals surface area contributed by atoms with Crippen LogP contribution in [0.5, 0.6) is 5.75 Å². The maximum absolute atomic E-state index is 12.3. The third kappa shape index (κ3) is 4.59. The van der Waals surface area contributed by atoms with E-state index < -0.39 is 0 Å². The third-order valence-corrected chi connectivity index (χ3v) is 3.34. The summed E-state index contributed by atoms with van der Waals surface area (Å²) in [4.78, 5) is 12.3. The maximum atomic E-state index is 12.3. The number of Topliss-reactive ketones (excluding diaryl/α,β-unsaturated/α-hetero) is 1. The Morgan fingerprint density at radius 3 is 2.14 bits per heavy atom. The van der Waals surface area contributed by atoms with Crippen LogP contribution in [0.4, 0.5) is 0 Å². The van der Waals surface area contributed by atoms with Gasteiger partial charge in [0.15, 0.2) is 5.78 Å². The van der Waals surface area contributed by atoms with Crippen LogP contribution in [-0.4, -0.2) is 16.9 Å². The van der Waals surface area contributed by atoms with Gasteiger partial charge in [0.1, 0.15) is 5.75 Å². The highest BCUT2D eigenvalue weighted by Gasteiger charge is 2.17. The molecule has 2 aromatic rings. The molecule has 4 heteroatoms.